The van der Waals surface area contributed by atoms with E-state index >= 15 is 0 Å². The third-order valence-electron chi connectivity index (χ3n) is 5.01. The zero-order chi connectivity index (χ0) is 14.7. The fraction of sp³-hybridized carbons (Fsp3) is 0.750. The van der Waals surface area contributed by atoms with Gasteiger partial charge in [-0.1, -0.05) is 0 Å². The van der Waals surface area contributed by atoms with E-state index in [1.54, 1.807) is 0 Å². The first-order valence-electron chi connectivity index (χ1n) is 7.91. The number of hydrogen-bond acceptors (Lipinski definition) is 5. The number of aliphatic hydroxyl groups is 1. The summed E-state index contributed by atoms with van der Waals surface area (Å²) in [4.78, 5) is 11.2. The predicted octanol–water partition coefficient (Wildman–Crippen LogP) is 1.54. The number of hydrogen-bond donors (Lipinski definition) is 1. The van der Waals surface area contributed by atoms with Gasteiger partial charge >= 0.3 is 0 Å². The van der Waals surface area contributed by atoms with E-state index in [0.29, 0.717) is 5.41 Å². The maximum atomic E-state index is 9.66. The number of aromatic nitrogens is 2. The Morgan fingerprint density at radius 1 is 1.29 bits per heavy atom. The van der Waals surface area contributed by atoms with E-state index in [2.05, 4.69) is 14.9 Å². The number of aryl methyl sites for hydroxylation is 1. The minimum atomic E-state index is 0.221. The van der Waals surface area contributed by atoms with Gasteiger partial charge in [-0.15, -0.1) is 0 Å². The lowest BCUT2D eigenvalue weighted by molar-refractivity contribution is -0.0556. The molecule has 21 heavy (non-hydrogen) atoms. The molecule has 2 aliphatic rings. The van der Waals surface area contributed by atoms with Crippen molar-refractivity contribution in [1.82, 2.24) is 14.9 Å². The maximum absolute atomic E-state index is 9.66. The van der Waals surface area contributed by atoms with E-state index in [1.807, 2.05) is 19.3 Å². The molecule has 1 N–H and O–H groups in total. The van der Waals surface area contributed by atoms with Gasteiger partial charge in [0.2, 0.25) is 0 Å². The van der Waals surface area contributed by atoms with Crippen molar-refractivity contribution in [2.75, 3.05) is 26.4 Å². The Labute approximate surface area is 126 Å². The molecule has 1 aromatic heterocycles. The average molecular weight is 291 g/mol. The first-order chi connectivity index (χ1) is 10.2. The van der Waals surface area contributed by atoms with Gasteiger partial charge in [-0.25, -0.2) is 9.97 Å². The van der Waals surface area contributed by atoms with Crippen LogP contribution in [0.3, 0.4) is 0 Å². The van der Waals surface area contributed by atoms with Crippen LogP contribution in [-0.4, -0.2) is 52.4 Å². The monoisotopic (exact) mass is 291 g/mol. The number of rotatable bonds is 3. The molecule has 5 heteroatoms. The van der Waals surface area contributed by atoms with Crippen LogP contribution in [0.25, 0.3) is 0 Å². The van der Waals surface area contributed by atoms with Crippen molar-refractivity contribution in [1.29, 1.82) is 0 Å². The van der Waals surface area contributed by atoms with E-state index in [9.17, 15) is 5.11 Å². The normalized spacial score (nSPS) is 26.1. The summed E-state index contributed by atoms with van der Waals surface area (Å²) in [6.45, 7) is 5.72. The van der Waals surface area contributed by atoms with Crippen molar-refractivity contribution in [2.45, 2.75) is 45.2 Å². The standard InChI is InChI=1S/C16H25N3O2/c1-13-8-17-15(18-9-13)10-19-12-16(3-2-14(19)11-20)4-6-21-7-5-16/h8-9,14,20H,2-7,10-12H2,1H3. The Morgan fingerprint density at radius 2 is 2.00 bits per heavy atom. The molecular formula is C16H25N3O2. The highest BCUT2D eigenvalue weighted by atomic mass is 16.5. The van der Waals surface area contributed by atoms with Crippen LogP contribution < -0.4 is 0 Å². The first kappa shape index (κ1) is 14.9. The molecule has 1 spiro atoms. The summed E-state index contributed by atoms with van der Waals surface area (Å²) in [6, 6.07) is 0.239. The predicted molar refractivity (Wildman–Crippen MR) is 79.8 cm³/mol. The number of ether oxygens (including phenoxy) is 1. The third-order valence-corrected chi connectivity index (χ3v) is 5.01. The number of aliphatic hydroxyl groups excluding tert-OH is 1. The van der Waals surface area contributed by atoms with Crippen molar-refractivity contribution < 1.29 is 9.84 Å². The van der Waals surface area contributed by atoms with Crippen molar-refractivity contribution in [3.05, 3.63) is 23.8 Å². The molecule has 0 bridgehead atoms. The van der Waals surface area contributed by atoms with Gasteiger partial charge in [0.1, 0.15) is 5.82 Å². The molecule has 0 aromatic carbocycles. The Bertz CT molecular complexity index is 457. The molecule has 0 aliphatic carbocycles. The smallest absolute Gasteiger partial charge is 0.142 e. The lowest BCUT2D eigenvalue weighted by Crippen LogP contribution is -2.51. The van der Waals surface area contributed by atoms with Crippen LogP contribution in [0.4, 0.5) is 0 Å². The van der Waals surface area contributed by atoms with Crippen LogP contribution >= 0.6 is 0 Å². The molecule has 1 aromatic rings. The van der Waals surface area contributed by atoms with Crippen molar-refractivity contribution >= 4 is 0 Å². The van der Waals surface area contributed by atoms with Gasteiger partial charge in [-0.05, 0) is 43.6 Å². The largest absolute Gasteiger partial charge is 0.395 e. The molecule has 3 rings (SSSR count). The Kier molecular flexibility index (Phi) is 4.52. The summed E-state index contributed by atoms with van der Waals surface area (Å²) >= 11 is 0. The zero-order valence-corrected chi connectivity index (χ0v) is 12.8. The second-order valence-electron chi connectivity index (χ2n) is 6.57. The number of likely N-dealkylation sites (tertiary alicyclic amines) is 1. The number of piperidine rings is 1. The summed E-state index contributed by atoms with van der Waals surface area (Å²) in [5.41, 5.74) is 1.45. The molecule has 2 saturated heterocycles. The Morgan fingerprint density at radius 3 is 2.67 bits per heavy atom. The van der Waals surface area contributed by atoms with Gasteiger partial charge in [0.05, 0.1) is 13.2 Å². The minimum Gasteiger partial charge on any atom is -0.395 e. The molecule has 5 nitrogen and oxygen atoms in total. The summed E-state index contributed by atoms with van der Waals surface area (Å²) in [5.74, 6) is 0.850. The molecule has 3 heterocycles. The quantitative estimate of drug-likeness (QED) is 0.915. The molecule has 2 aliphatic heterocycles. The van der Waals surface area contributed by atoms with Crippen LogP contribution in [0.1, 0.15) is 37.1 Å². The second-order valence-corrected chi connectivity index (χ2v) is 6.57. The average Bonchev–Trinajstić information content (AvgIpc) is 2.51. The SMILES string of the molecule is Cc1cnc(CN2CC3(CCOCC3)CCC2CO)nc1. The molecule has 116 valence electrons. The van der Waals surface area contributed by atoms with Gasteiger partial charge in [-0.3, -0.25) is 4.90 Å². The number of nitrogens with zero attached hydrogens (tertiary/aromatic N) is 3. The molecular weight excluding hydrogens is 266 g/mol. The zero-order valence-electron chi connectivity index (χ0n) is 12.8. The Hall–Kier alpha value is -1.04. The fourth-order valence-electron chi connectivity index (χ4n) is 3.58. The van der Waals surface area contributed by atoms with Crippen molar-refractivity contribution in [3.63, 3.8) is 0 Å². The second kappa shape index (κ2) is 6.38. The molecule has 2 fully saturated rings. The first-order valence-corrected chi connectivity index (χ1v) is 7.91. The lowest BCUT2D eigenvalue weighted by Gasteiger charge is -2.48. The molecule has 1 atom stereocenters. The van der Waals surface area contributed by atoms with Gasteiger partial charge in [-0.2, -0.15) is 0 Å². The van der Waals surface area contributed by atoms with Crippen LogP contribution in [0.15, 0.2) is 12.4 Å². The van der Waals surface area contributed by atoms with Crippen LogP contribution in [0.5, 0.6) is 0 Å². The summed E-state index contributed by atoms with van der Waals surface area (Å²) in [7, 11) is 0. The van der Waals surface area contributed by atoms with Crippen molar-refractivity contribution in [3.8, 4) is 0 Å². The summed E-state index contributed by atoms with van der Waals surface area (Å²) < 4.78 is 5.52. The minimum absolute atomic E-state index is 0.221. The van der Waals surface area contributed by atoms with Gasteiger partial charge in [0.15, 0.2) is 0 Å². The molecule has 0 radical (unpaired) electrons. The summed E-state index contributed by atoms with van der Waals surface area (Å²) in [5, 5.41) is 9.66. The topological polar surface area (TPSA) is 58.5 Å². The van der Waals surface area contributed by atoms with Crippen molar-refractivity contribution in [2.24, 2.45) is 5.41 Å². The highest BCUT2D eigenvalue weighted by Gasteiger charge is 2.40. The van der Waals surface area contributed by atoms with E-state index in [-0.39, 0.29) is 12.6 Å². The highest BCUT2D eigenvalue weighted by Crippen LogP contribution is 2.41. The van der Waals surface area contributed by atoms with E-state index < -0.39 is 0 Å². The van der Waals surface area contributed by atoms with Crippen LogP contribution in [0, 0.1) is 12.3 Å². The lowest BCUT2D eigenvalue weighted by atomic mass is 9.72. The molecule has 1 unspecified atom stereocenters. The van der Waals surface area contributed by atoms with Gasteiger partial charge in [0.25, 0.3) is 0 Å². The van der Waals surface area contributed by atoms with E-state index in [4.69, 9.17) is 4.74 Å². The van der Waals surface area contributed by atoms with Crippen LogP contribution in [-0.2, 0) is 11.3 Å². The van der Waals surface area contributed by atoms with E-state index in [0.717, 1.165) is 57.0 Å². The van der Waals surface area contributed by atoms with Gasteiger partial charge < -0.3 is 9.84 Å². The van der Waals surface area contributed by atoms with Gasteiger partial charge in [0, 0.05) is 38.2 Å². The molecule has 0 amide bonds. The maximum Gasteiger partial charge on any atom is 0.142 e. The van der Waals surface area contributed by atoms with E-state index in [1.165, 1.54) is 6.42 Å². The van der Waals surface area contributed by atoms with Crippen LogP contribution in [0.2, 0.25) is 0 Å². The Balaban J connectivity index is 1.71. The third kappa shape index (κ3) is 3.42. The highest BCUT2D eigenvalue weighted by molar-refractivity contribution is 5.03. The fourth-order valence-corrected chi connectivity index (χ4v) is 3.58. The summed E-state index contributed by atoms with van der Waals surface area (Å²) in [6.07, 6.45) is 8.26. The molecule has 0 saturated carbocycles.